The van der Waals surface area contributed by atoms with Crippen LogP contribution in [0.3, 0.4) is 0 Å². The Morgan fingerprint density at radius 1 is 1.14 bits per heavy atom. The van der Waals surface area contributed by atoms with Crippen molar-refractivity contribution in [2.24, 2.45) is 0 Å². The molecule has 2 aromatic carbocycles. The highest BCUT2D eigenvalue weighted by Crippen LogP contribution is 2.27. The molecule has 3 rings (SSSR count). The number of aliphatic carboxylic acids is 1. The maximum absolute atomic E-state index is 11.1. The van der Waals surface area contributed by atoms with Gasteiger partial charge in [0.25, 0.3) is 0 Å². The summed E-state index contributed by atoms with van der Waals surface area (Å²) in [7, 11) is 0. The Morgan fingerprint density at radius 2 is 1.82 bits per heavy atom. The van der Waals surface area contributed by atoms with E-state index in [0.29, 0.717) is 11.6 Å². The van der Waals surface area contributed by atoms with Gasteiger partial charge in [0.2, 0.25) is 0 Å². The summed E-state index contributed by atoms with van der Waals surface area (Å²) in [5.41, 5.74) is 4.08. The predicted octanol–water partition coefficient (Wildman–Crippen LogP) is 4.28. The van der Waals surface area contributed by atoms with E-state index >= 15 is 0 Å². The van der Waals surface area contributed by atoms with E-state index in [9.17, 15) is 4.79 Å². The molecule has 0 aliphatic heterocycles. The van der Waals surface area contributed by atoms with Gasteiger partial charge in [-0.25, -0.2) is 0 Å². The van der Waals surface area contributed by atoms with Gasteiger partial charge in [0.1, 0.15) is 0 Å². The van der Waals surface area contributed by atoms with Crippen LogP contribution in [0.15, 0.2) is 48.5 Å². The van der Waals surface area contributed by atoms with Crippen molar-refractivity contribution in [2.75, 3.05) is 0 Å². The van der Waals surface area contributed by atoms with Gasteiger partial charge < -0.3 is 9.67 Å². The Kier molecular flexibility index (Phi) is 3.90. The first-order valence-electron chi connectivity index (χ1n) is 7.09. The minimum Gasteiger partial charge on any atom is -0.481 e. The van der Waals surface area contributed by atoms with Crippen molar-refractivity contribution in [1.29, 1.82) is 0 Å². The maximum atomic E-state index is 11.1. The van der Waals surface area contributed by atoms with Crippen LogP contribution in [0.5, 0.6) is 0 Å². The SMILES string of the molecule is Cc1c(CC(=O)O)c2ccccc2n1Cc1ccc(Cl)cc1. The Morgan fingerprint density at radius 3 is 2.50 bits per heavy atom. The Bertz CT molecular complexity index is 834. The lowest BCUT2D eigenvalue weighted by Crippen LogP contribution is -2.05. The summed E-state index contributed by atoms with van der Waals surface area (Å²) < 4.78 is 2.16. The van der Waals surface area contributed by atoms with E-state index in [0.717, 1.165) is 27.7 Å². The summed E-state index contributed by atoms with van der Waals surface area (Å²) in [5.74, 6) is -0.808. The van der Waals surface area contributed by atoms with Crippen molar-refractivity contribution >= 4 is 28.5 Å². The Hall–Kier alpha value is -2.26. The van der Waals surface area contributed by atoms with E-state index in [-0.39, 0.29) is 6.42 Å². The van der Waals surface area contributed by atoms with E-state index in [2.05, 4.69) is 4.57 Å². The molecule has 0 saturated carbocycles. The fraction of sp³-hybridized carbons (Fsp3) is 0.167. The summed E-state index contributed by atoms with van der Waals surface area (Å²) in [6.07, 6.45) is 0.0416. The molecule has 0 atom stereocenters. The molecule has 4 heteroatoms. The zero-order valence-electron chi connectivity index (χ0n) is 12.2. The van der Waals surface area contributed by atoms with Crippen molar-refractivity contribution < 1.29 is 9.90 Å². The molecule has 0 saturated heterocycles. The molecule has 0 unspecified atom stereocenters. The molecule has 1 heterocycles. The third-order valence-electron chi connectivity index (χ3n) is 3.94. The van der Waals surface area contributed by atoms with Crippen LogP contribution in [0.4, 0.5) is 0 Å². The zero-order chi connectivity index (χ0) is 15.7. The van der Waals surface area contributed by atoms with Gasteiger partial charge in [0.05, 0.1) is 6.42 Å². The number of para-hydroxylation sites is 1. The summed E-state index contributed by atoms with van der Waals surface area (Å²) in [6.45, 7) is 2.68. The molecule has 112 valence electrons. The number of benzene rings is 2. The van der Waals surface area contributed by atoms with Crippen LogP contribution >= 0.6 is 11.6 Å². The van der Waals surface area contributed by atoms with Crippen LogP contribution in [-0.2, 0) is 17.8 Å². The second kappa shape index (κ2) is 5.85. The molecular weight excluding hydrogens is 298 g/mol. The lowest BCUT2D eigenvalue weighted by molar-refractivity contribution is -0.136. The summed E-state index contributed by atoms with van der Waals surface area (Å²) >= 11 is 5.93. The van der Waals surface area contributed by atoms with Crippen molar-refractivity contribution in [3.8, 4) is 0 Å². The highest BCUT2D eigenvalue weighted by molar-refractivity contribution is 6.30. The molecule has 0 aliphatic rings. The zero-order valence-corrected chi connectivity index (χ0v) is 13.0. The first-order chi connectivity index (χ1) is 10.6. The van der Waals surface area contributed by atoms with Crippen molar-refractivity contribution in [2.45, 2.75) is 19.9 Å². The molecule has 0 aliphatic carbocycles. The third-order valence-corrected chi connectivity index (χ3v) is 4.20. The largest absolute Gasteiger partial charge is 0.481 e. The number of hydrogen-bond donors (Lipinski definition) is 1. The van der Waals surface area contributed by atoms with Gasteiger partial charge in [-0.3, -0.25) is 4.79 Å². The molecule has 3 aromatic rings. The van der Waals surface area contributed by atoms with E-state index in [1.54, 1.807) is 0 Å². The molecule has 22 heavy (non-hydrogen) atoms. The van der Waals surface area contributed by atoms with E-state index in [4.69, 9.17) is 16.7 Å². The van der Waals surface area contributed by atoms with Crippen LogP contribution in [-0.4, -0.2) is 15.6 Å². The standard InChI is InChI=1S/C18H16ClNO2/c1-12-16(10-18(21)22)15-4-2-3-5-17(15)20(12)11-13-6-8-14(19)9-7-13/h2-9H,10-11H2,1H3,(H,21,22). The number of carboxylic acids is 1. The van der Waals surface area contributed by atoms with E-state index in [1.165, 1.54) is 0 Å². The highest BCUT2D eigenvalue weighted by atomic mass is 35.5. The quantitative estimate of drug-likeness (QED) is 0.781. The van der Waals surface area contributed by atoms with Crippen molar-refractivity contribution in [3.63, 3.8) is 0 Å². The third kappa shape index (κ3) is 2.72. The van der Waals surface area contributed by atoms with Gasteiger partial charge >= 0.3 is 5.97 Å². The number of carbonyl (C=O) groups is 1. The molecule has 0 fully saturated rings. The predicted molar refractivity (Wildman–Crippen MR) is 88.6 cm³/mol. The average molecular weight is 314 g/mol. The lowest BCUT2D eigenvalue weighted by Gasteiger charge is -2.09. The number of carboxylic acid groups (broad SMARTS) is 1. The number of nitrogens with zero attached hydrogens (tertiary/aromatic N) is 1. The topological polar surface area (TPSA) is 42.2 Å². The second-order valence-corrected chi connectivity index (χ2v) is 5.80. The molecule has 0 radical (unpaired) electrons. The lowest BCUT2D eigenvalue weighted by atomic mass is 10.1. The average Bonchev–Trinajstić information content (AvgIpc) is 2.75. The molecule has 0 bridgehead atoms. The summed E-state index contributed by atoms with van der Waals surface area (Å²) in [5, 5.41) is 10.9. The Labute approximate surface area is 133 Å². The van der Waals surface area contributed by atoms with Crippen LogP contribution in [0, 0.1) is 6.92 Å². The molecule has 1 aromatic heterocycles. The Balaban J connectivity index is 2.10. The molecule has 0 spiro atoms. The van der Waals surface area contributed by atoms with Gasteiger partial charge in [-0.2, -0.15) is 0 Å². The fourth-order valence-corrected chi connectivity index (χ4v) is 2.98. The van der Waals surface area contributed by atoms with Gasteiger partial charge in [-0.1, -0.05) is 41.9 Å². The van der Waals surface area contributed by atoms with Crippen LogP contribution in [0.1, 0.15) is 16.8 Å². The van der Waals surface area contributed by atoms with Gasteiger partial charge in [-0.15, -0.1) is 0 Å². The minimum atomic E-state index is -0.808. The first-order valence-corrected chi connectivity index (χ1v) is 7.47. The first kappa shape index (κ1) is 14.7. The minimum absolute atomic E-state index is 0.0416. The van der Waals surface area contributed by atoms with E-state index < -0.39 is 5.97 Å². The van der Waals surface area contributed by atoms with Gasteiger partial charge in [0, 0.05) is 28.2 Å². The summed E-state index contributed by atoms with van der Waals surface area (Å²) in [6, 6.07) is 15.7. The monoisotopic (exact) mass is 313 g/mol. The number of rotatable bonds is 4. The smallest absolute Gasteiger partial charge is 0.307 e. The van der Waals surface area contributed by atoms with Crippen molar-refractivity contribution in [3.05, 3.63) is 70.4 Å². The van der Waals surface area contributed by atoms with Gasteiger partial charge in [0.15, 0.2) is 0 Å². The van der Waals surface area contributed by atoms with Crippen molar-refractivity contribution in [1.82, 2.24) is 4.57 Å². The highest BCUT2D eigenvalue weighted by Gasteiger charge is 2.16. The number of hydrogen-bond acceptors (Lipinski definition) is 1. The molecule has 1 N–H and O–H groups in total. The fourth-order valence-electron chi connectivity index (χ4n) is 2.85. The molecular formula is C18H16ClNO2. The summed E-state index contributed by atoms with van der Waals surface area (Å²) in [4.78, 5) is 11.1. The number of halogens is 1. The van der Waals surface area contributed by atoms with E-state index in [1.807, 2.05) is 55.5 Å². The number of aromatic nitrogens is 1. The van der Waals surface area contributed by atoms with Crippen LogP contribution < -0.4 is 0 Å². The van der Waals surface area contributed by atoms with Crippen LogP contribution in [0.2, 0.25) is 5.02 Å². The van der Waals surface area contributed by atoms with Crippen LogP contribution in [0.25, 0.3) is 10.9 Å². The number of fused-ring (bicyclic) bond motifs is 1. The second-order valence-electron chi connectivity index (χ2n) is 5.36. The molecule has 0 amide bonds. The normalized spacial score (nSPS) is 11.0. The molecule has 3 nitrogen and oxygen atoms in total. The van der Waals surface area contributed by atoms with Gasteiger partial charge in [-0.05, 0) is 36.2 Å². The maximum Gasteiger partial charge on any atom is 0.307 e.